The van der Waals surface area contributed by atoms with E-state index in [1.54, 1.807) is 17.9 Å². The van der Waals surface area contributed by atoms with Gasteiger partial charge in [0, 0.05) is 0 Å². The van der Waals surface area contributed by atoms with Crippen molar-refractivity contribution in [3.63, 3.8) is 0 Å². The molecule has 0 radical (unpaired) electrons. The molecule has 0 atom stereocenters. The first-order chi connectivity index (χ1) is 11.7. The topological polar surface area (TPSA) is 74.7 Å². The molecule has 0 unspecified atom stereocenters. The molecule has 3 heterocycles. The van der Waals surface area contributed by atoms with E-state index in [1.165, 1.54) is 11.3 Å². The maximum atomic E-state index is 5.76. The molecule has 0 saturated heterocycles. The lowest BCUT2D eigenvalue weighted by Crippen LogP contribution is -1.97. The minimum atomic E-state index is 0.365. The van der Waals surface area contributed by atoms with Gasteiger partial charge in [0.1, 0.15) is 23.9 Å². The molecule has 0 spiro atoms. The molecule has 0 aliphatic rings. The first kappa shape index (κ1) is 14.7. The Labute approximate surface area is 141 Å². The lowest BCUT2D eigenvalue weighted by atomic mass is 10.2. The highest BCUT2D eigenvalue weighted by Gasteiger charge is 2.16. The highest BCUT2D eigenvalue weighted by Crippen LogP contribution is 2.25. The summed E-state index contributed by atoms with van der Waals surface area (Å²) in [5.74, 6) is 3.01. The van der Waals surface area contributed by atoms with E-state index < -0.39 is 0 Å². The van der Waals surface area contributed by atoms with Crippen molar-refractivity contribution in [3.8, 4) is 22.9 Å². The van der Waals surface area contributed by atoms with Gasteiger partial charge in [-0.1, -0.05) is 11.3 Å². The fourth-order valence-corrected chi connectivity index (χ4v) is 3.06. The molecule has 122 valence electrons. The Morgan fingerprint density at radius 2 is 1.92 bits per heavy atom. The summed E-state index contributed by atoms with van der Waals surface area (Å²) in [6.45, 7) is 2.25. The van der Waals surface area contributed by atoms with E-state index in [0.29, 0.717) is 12.4 Å². The van der Waals surface area contributed by atoms with Crippen molar-refractivity contribution in [3.05, 3.63) is 47.4 Å². The van der Waals surface area contributed by atoms with Crippen LogP contribution in [-0.2, 0) is 6.61 Å². The molecular weight excluding hydrogens is 328 g/mol. The van der Waals surface area contributed by atoms with Crippen LogP contribution in [0.1, 0.15) is 10.8 Å². The van der Waals surface area contributed by atoms with Gasteiger partial charge < -0.3 is 13.9 Å². The third kappa shape index (κ3) is 2.61. The number of methoxy groups -OCH3 is 1. The standard InChI is InChI=1S/C16H14N4O3S/c1-10-13(7-8-22-10)15-17-18-16-20(15)19-14(24-16)9-23-12-5-3-11(21-2)4-6-12/h3-8H,9H2,1-2H3. The number of aromatic nitrogens is 4. The second-order valence-corrected chi connectivity index (χ2v) is 6.11. The highest BCUT2D eigenvalue weighted by atomic mass is 32.1. The molecule has 1 aromatic carbocycles. The molecule has 0 bridgehead atoms. The van der Waals surface area contributed by atoms with Crippen LogP contribution in [0.15, 0.2) is 41.0 Å². The molecule has 3 aromatic heterocycles. The maximum Gasteiger partial charge on any atom is 0.235 e. The zero-order chi connectivity index (χ0) is 16.5. The Bertz CT molecular complexity index is 971. The molecule has 0 aliphatic carbocycles. The number of nitrogens with zero attached hydrogens (tertiary/aromatic N) is 4. The predicted octanol–water partition coefficient (Wildman–Crippen LogP) is 3.34. The fourth-order valence-electron chi connectivity index (χ4n) is 2.32. The molecule has 0 aliphatic heterocycles. The summed E-state index contributed by atoms with van der Waals surface area (Å²) in [5.41, 5.74) is 0.885. The largest absolute Gasteiger partial charge is 0.497 e. The van der Waals surface area contributed by atoms with Gasteiger partial charge in [0.25, 0.3) is 0 Å². The van der Waals surface area contributed by atoms with Crippen LogP contribution in [0.4, 0.5) is 0 Å². The van der Waals surface area contributed by atoms with E-state index >= 15 is 0 Å². The van der Waals surface area contributed by atoms with E-state index in [-0.39, 0.29) is 0 Å². The van der Waals surface area contributed by atoms with Gasteiger partial charge in [-0.3, -0.25) is 0 Å². The van der Waals surface area contributed by atoms with Crippen molar-refractivity contribution < 1.29 is 13.9 Å². The van der Waals surface area contributed by atoms with Crippen LogP contribution in [0.5, 0.6) is 11.5 Å². The van der Waals surface area contributed by atoms with Gasteiger partial charge >= 0.3 is 0 Å². The number of hydrogen-bond donors (Lipinski definition) is 0. The van der Waals surface area contributed by atoms with Crippen molar-refractivity contribution in [2.24, 2.45) is 0 Å². The van der Waals surface area contributed by atoms with E-state index in [9.17, 15) is 0 Å². The number of benzene rings is 1. The lowest BCUT2D eigenvalue weighted by Gasteiger charge is -2.04. The van der Waals surface area contributed by atoms with Crippen LogP contribution in [-0.4, -0.2) is 26.9 Å². The highest BCUT2D eigenvalue weighted by molar-refractivity contribution is 7.16. The Hall–Kier alpha value is -2.87. The number of fused-ring (bicyclic) bond motifs is 1. The summed E-state index contributed by atoms with van der Waals surface area (Å²) in [6, 6.07) is 9.29. The summed E-state index contributed by atoms with van der Waals surface area (Å²) >= 11 is 1.45. The summed E-state index contributed by atoms with van der Waals surface area (Å²) in [6.07, 6.45) is 1.63. The molecule has 0 amide bonds. The smallest absolute Gasteiger partial charge is 0.235 e. The van der Waals surface area contributed by atoms with Crippen LogP contribution in [0.3, 0.4) is 0 Å². The van der Waals surface area contributed by atoms with Gasteiger partial charge in [-0.05, 0) is 37.3 Å². The van der Waals surface area contributed by atoms with Crippen molar-refractivity contribution >= 4 is 16.3 Å². The van der Waals surface area contributed by atoms with Crippen molar-refractivity contribution in [2.45, 2.75) is 13.5 Å². The minimum absolute atomic E-state index is 0.365. The van der Waals surface area contributed by atoms with E-state index in [4.69, 9.17) is 13.9 Å². The van der Waals surface area contributed by atoms with Crippen LogP contribution in [0, 0.1) is 6.92 Å². The second kappa shape index (κ2) is 5.97. The van der Waals surface area contributed by atoms with E-state index in [0.717, 1.165) is 32.8 Å². The Balaban J connectivity index is 1.55. The minimum Gasteiger partial charge on any atom is -0.497 e. The number of rotatable bonds is 5. The first-order valence-electron chi connectivity index (χ1n) is 7.27. The van der Waals surface area contributed by atoms with Crippen LogP contribution in [0.2, 0.25) is 0 Å². The van der Waals surface area contributed by atoms with Gasteiger partial charge in [0.05, 0.1) is 18.9 Å². The third-order valence-corrected chi connectivity index (χ3v) is 4.43. The second-order valence-electron chi connectivity index (χ2n) is 5.07. The average Bonchev–Trinajstić information content (AvgIpc) is 3.29. The molecule has 4 rings (SSSR count). The average molecular weight is 342 g/mol. The summed E-state index contributed by atoms with van der Waals surface area (Å²) in [7, 11) is 1.63. The van der Waals surface area contributed by atoms with Gasteiger partial charge in [-0.2, -0.15) is 9.61 Å². The number of aryl methyl sites for hydroxylation is 1. The SMILES string of the molecule is COc1ccc(OCc2nn3c(-c4ccoc4C)nnc3s2)cc1. The molecule has 0 N–H and O–H groups in total. The van der Waals surface area contributed by atoms with E-state index in [2.05, 4.69) is 15.3 Å². The lowest BCUT2D eigenvalue weighted by molar-refractivity contribution is 0.303. The zero-order valence-electron chi connectivity index (χ0n) is 13.1. The summed E-state index contributed by atoms with van der Waals surface area (Å²) < 4.78 is 17.9. The number of furan rings is 1. The van der Waals surface area contributed by atoms with Crippen molar-refractivity contribution in [2.75, 3.05) is 7.11 Å². The van der Waals surface area contributed by atoms with Gasteiger partial charge in [-0.15, -0.1) is 10.2 Å². The number of hydrogen-bond acceptors (Lipinski definition) is 7. The zero-order valence-corrected chi connectivity index (χ0v) is 13.9. The van der Waals surface area contributed by atoms with Crippen LogP contribution in [0.25, 0.3) is 16.3 Å². The molecule has 24 heavy (non-hydrogen) atoms. The van der Waals surface area contributed by atoms with Gasteiger partial charge in [0.15, 0.2) is 10.8 Å². The summed E-state index contributed by atoms with van der Waals surface area (Å²) in [5, 5.41) is 13.7. The molecule has 7 nitrogen and oxygen atoms in total. The van der Waals surface area contributed by atoms with Crippen LogP contribution >= 0.6 is 11.3 Å². The van der Waals surface area contributed by atoms with Crippen molar-refractivity contribution in [1.29, 1.82) is 0 Å². The molecule has 4 aromatic rings. The Kier molecular flexibility index (Phi) is 3.66. The molecule has 0 saturated carbocycles. The van der Waals surface area contributed by atoms with Gasteiger partial charge in [0.2, 0.25) is 4.96 Å². The quantitative estimate of drug-likeness (QED) is 0.554. The first-order valence-corrected chi connectivity index (χ1v) is 8.08. The molecule has 8 heteroatoms. The van der Waals surface area contributed by atoms with Gasteiger partial charge in [-0.25, -0.2) is 0 Å². The Morgan fingerprint density at radius 1 is 1.12 bits per heavy atom. The fraction of sp³-hybridized carbons (Fsp3) is 0.188. The summed E-state index contributed by atoms with van der Waals surface area (Å²) in [4.78, 5) is 0.721. The van der Waals surface area contributed by atoms with Crippen molar-refractivity contribution in [1.82, 2.24) is 19.8 Å². The monoisotopic (exact) mass is 342 g/mol. The van der Waals surface area contributed by atoms with Crippen LogP contribution < -0.4 is 9.47 Å². The third-order valence-electron chi connectivity index (χ3n) is 3.55. The Morgan fingerprint density at radius 3 is 2.62 bits per heavy atom. The number of ether oxygens (including phenoxy) is 2. The molecule has 0 fully saturated rings. The molecular formula is C16H14N4O3S. The van der Waals surface area contributed by atoms with E-state index in [1.807, 2.05) is 37.3 Å². The maximum absolute atomic E-state index is 5.76. The predicted molar refractivity (Wildman–Crippen MR) is 88.4 cm³/mol. The normalized spacial score (nSPS) is 11.1.